The molecule has 0 aliphatic rings. The summed E-state index contributed by atoms with van der Waals surface area (Å²) in [5.74, 6) is -0.472. The topological polar surface area (TPSA) is 46.5 Å². The SMILES string of the molecule is COc1cccc(CCCCCCc2ccccc2)c1C(=O)O. The van der Waals surface area contributed by atoms with Crippen molar-refractivity contribution >= 4 is 5.97 Å². The summed E-state index contributed by atoms with van der Waals surface area (Å²) >= 11 is 0. The minimum atomic E-state index is -0.915. The lowest BCUT2D eigenvalue weighted by molar-refractivity contribution is 0.0692. The zero-order valence-electron chi connectivity index (χ0n) is 13.6. The predicted molar refractivity (Wildman–Crippen MR) is 92.3 cm³/mol. The third kappa shape index (κ3) is 5.13. The number of benzene rings is 2. The van der Waals surface area contributed by atoms with E-state index in [4.69, 9.17) is 4.74 Å². The van der Waals surface area contributed by atoms with Crippen molar-refractivity contribution in [2.24, 2.45) is 0 Å². The molecule has 2 rings (SSSR count). The third-order valence-corrected chi connectivity index (χ3v) is 4.05. The molecule has 0 aliphatic heterocycles. The van der Waals surface area contributed by atoms with Gasteiger partial charge in [-0.1, -0.05) is 55.3 Å². The fourth-order valence-corrected chi connectivity index (χ4v) is 2.84. The van der Waals surface area contributed by atoms with Gasteiger partial charge in [0.1, 0.15) is 11.3 Å². The van der Waals surface area contributed by atoms with Gasteiger partial charge in [0.15, 0.2) is 0 Å². The highest BCUT2D eigenvalue weighted by molar-refractivity contribution is 5.92. The van der Waals surface area contributed by atoms with Crippen molar-refractivity contribution in [1.29, 1.82) is 0 Å². The molecule has 1 N–H and O–H groups in total. The summed E-state index contributed by atoms with van der Waals surface area (Å²) < 4.78 is 5.16. The lowest BCUT2D eigenvalue weighted by atomic mass is 9.99. The van der Waals surface area contributed by atoms with Crippen LogP contribution in [0.1, 0.15) is 47.2 Å². The molecule has 0 unspecified atom stereocenters. The van der Waals surface area contributed by atoms with Gasteiger partial charge in [0.25, 0.3) is 0 Å². The maximum atomic E-state index is 11.4. The van der Waals surface area contributed by atoms with E-state index < -0.39 is 5.97 Å². The van der Waals surface area contributed by atoms with Crippen LogP contribution in [0.15, 0.2) is 48.5 Å². The largest absolute Gasteiger partial charge is 0.496 e. The monoisotopic (exact) mass is 312 g/mol. The Balaban J connectivity index is 1.77. The van der Waals surface area contributed by atoms with Gasteiger partial charge < -0.3 is 9.84 Å². The molecule has 0 atom stereocenters. The van der Waals surface area contributed by atoms with Gasteiger partial charge in [0, 0.05) is 0 Å². The van der Waals surface area contributed by atoms with E-state index in [1.54, 1.807) is 6.07 Å². The molecule has 23 heavy (non-hydrogen) atoms. The molecule has 122 valence electrons. The van der Waals surface area contributed by atoms with Crippen LogP contribution in [0.2, 0.25) is 0 Å². The highest BCUT2D eigenvalue weighted by Gasteiger charge is 2.15. The summed E-state index contributed by atoms with van der Waals surface area (Å²) in [5.41, 5.74) is 2.55. The second-order valence-electron chi connectivity index (χ2n) is 5.70. The van der Waals surface area contributed by atoms with Gasteiger partial charge in [0.05, 0.1) is 7.11 Å². The summed E-state index contributed by atoms with van der Waals surface area (Å²) in [4.78, 5) is 11.4. The zero-order chi connectivity index (χ0) is 16.5. The number of aromatic carboxylic acids is 1. The Morgan fingerprint density at radius 2 is 1.61 bits per heavy atom. The van der Waals surface area contributed by atoms with E-state index in [1.807, 2.05) is 18.2 Å². The molecular weight excluding hydrogens is 288 g/mol. The minimum Gasteiger partial charge on any atom is -0.496 e. The lowest BCUT2D eigenvalue weighted by Crippen LogP contribution is -2.05. The molecule has 0 heterocycles. The van der Waals surface area contributed by atoms with E-state index in [1.165, 1.54) is 25.5 Å². The number of unbranched alkanes of at least 4 members (excludes halogenated alkanes) is 3. The van der Waals surface area contributed by atoms with E-state index >= 15 is 0 Å². The Hall–Kier alpha value is -2.29. The summed E-state index contributed by atoms with van der Waals surface area (Å²) in [7, 11) is 1.51. The second-order valence-corrected chi connectivity index (χ2v) is 5.70. The Morgan fingerprint density at radius 1 is 0.913 bits per heavy atom. The number of carboxylic acids is 1. The van der Waals surface area contributed by atoms with Crippen molar-refractivity contribution in [3.05, 3.63) is 65.2 Å². The number of rotatable bonds is 9. The van der Waals surface area contributed by atoms with Gasteiger partial charge in [0.2, 0.25) is 0 Å². The number of aryl methyl sites for hydroxylation is 2. The van der Waals surface area contributed by atoms with Gasteiger partial charge in [-0.05, 0) is 42.9 Å². The van der Waals surface area contributed by atoms with E-state index in [0.717, 1.165) is 31.2 Å². The van der Waals surface area contributed by atoms with E-state index in [-0.39, 0.29) is 0 Å². The molecule has 0 aliphatic carbocycles. The third-order valence-electron chi connectivity index (χ3n) is 4.05. The van der Waals surface area contributed by atoms with Crippen molar-refractivity contribution in [2.45, 2.75) is 38.5 Å². The number of hydrogen-bond donors (Lipinski definition) is 1. The average molecular weight is 312 g/mol. The number of methoxy groups -OCH3 is 1. The number of carbonyl (C=O) groups is 1. The molecular formula is C20H24O3. The van der Waals surface area contributed by atoms with E-state index in [2.05, 4.69) is 24.3 Å². The van der Waals surface area contributed by atoms with Crippen molar-refractivity contribution in [2.75, 3.05) is 7.11 Å². The minimum absolute atomic E-state index is 0.305. The van der Waals surface area contributed by atoms with Crippen LogP contribution in [-0.2, 0) is 12.8 Å². The van der Waals surface area contributed by atoms with Crippen LogP contribution in [0.4, 0.5) is 0 Å². The molecule has 0 saturated carbocycles. The van der Waals surface area contributed by atoms with Crippen LogP contribution >= 0.6 is 0 Å². The highest BCUT2D eigenvalue weighted by Crippen LogP contribution is 2.24. The molecule has 0 radical (unpaired) electrons. The van der Waals surface area contributed by atoms with Crippen LogP contribution in [0.25, 0.3) is 0 Å². The Morgan fingerprint density at radius 3 is 2.26 bits per heavy atom. The molecule has 2 aromatic carbocycles. The normalized spacial score (nSPS) is 10.5. The molecule has 3 nitrogen and oxygen atoms in total. The summed E-state index contributed by atoms with van der Waals surface area (Å²) in [6.07, 6.45) is 6.35. The van der Waals surface area contributed by atoms with Crippen molar-refractivity contribution < 1.29 is 14.6 Å². The highest BCUT2D eigenvalue weighted by atomic mass is 16.5. The van der Waals surface area contributed by atoms with Crippen molar-refractivity contribution in [3.8, 4) is 5.75 Å². The summed E-state index contributed by atoms with van der Waals surface area (Å²) in [6, 6.07) is 16.0. The number of carboxylic acid groups (broad SMARTS) is 1. The first-order valence-corrected chi connectivity index (χ1v) is 8.15. The van der Waals surface area contributed by atoms with Gasteiger partial charge in [-0.2, -0.15) is 0 Å². The molecule has 3 heteroatoms. The summed E-state index contributed by atoms with van der Waals surface area (Å²) in [6.45, 7) is 0. The van der Waals surface area contributed by atoms with E-state index in [0.29, 0.717) is 11.3 Å². The standard InChI is InChI=1S/C20H24O3/c1-23-18-15-9-14-17(19(18)20(21)22)13-8-3-2-5-10-16-11-6-4-7-12-16/h4,6-7,9,11-12,14-15H,2-3,5,8,10,13H2,1H3,(H,21,22). The average Bonchev–Trinajstić information content (AvgIpc) is 2.58. The van der Waals surface area contributed by atoms with Crippen LogP contribution < -0.4 is 4.74 Å². The quantitative estimate of drug-likeness (QED) is 0.680. The first-order chi connectivity index (χ1) is 11.2. The van der Waals surface area contributed by atoms with Gasteiger partial charge >= 0.3 is 5.97 Å². The van der Waals surface area contributed by atoms with Crippen molar-refractivity contribution in [3.63, 3.8) is 0 Å². The Labute approximate surface area is 137 Å². The molecule has 0 aromatic heterocycles. The molecule has 0 fully saturated rings. The first-order valence-electron chi connectivity index (χ1n) is 8.15. The van der Waals surface area contributed by atoms with Crippen LogP contribution in [-0.4, -0.2) is 18.2 Å². The van der Waals surface area contributed by atoms with Crippen molar-refractivity contribution in [1.82, 2.24) is 0 Å². The maximum Gasteiger partial charge on any atom is 0.339 e. The van der Waals surface area contributed by atoms with Gasteiger partial charge in [-0.3, -0.25) is 0 Å². The molecule has 0 spiro atoms. The molecule has 0 amide bonds. The molecule has 0 bridgehead atoms. The van der Waals surface area contributed by atoms with Gasteiger partial charge in [-0.15, -0.1) is 0 Å². The first kappa shape index (κ1) is 17.1. The van der Waals surface area contributed by atoms with Crippen LogP contribution in [0, 0.1) is 0 Å². The molecule has 2 aromatic rings. The molecule has 0 saturated heterocycles. The fourth-order valence-electron chi connectivity index (χ4n) is 2.84. The Kier molecular flexibility index (Phi) is 6.67. The number of hydrogen-bond acceptors (Lipinski definition) is 2. The second kappa shape index (κ2) is 8.99. The van der Waals surface area contributed by atoms with Crippen LogP contribution in [0.3, 0.4) is 0 Å². The number of ether oxygens (including phenoxy) is 1. The van der Waals surface area contributed by atoms with E-state index in [9.17, 15) is 9.90 Å². The zero-order valence-corrected chi connectivity index (χ0v) is 13.6. The maximum absolute atomic E-state index is 11.4. The smallest absolute Gasteiger partial charge is 0.339 e. The Bertz CT molecular complexity index is 620. The van der Waals surface area contributed by atoms with Gasteiger partial charge in [-0.25, -0.2) is 4.79 Å². The van der Waals surface area contributed by atoms with Crippen LogP contribution in [0.5, 0.6) is 5.75 Å². The lowest BCUT2D eigenvalue weighted by Gasteiger charge is -2.10. The predicted octanol–water partition coefficient (Wildman–Crippen LogP) is 4.74. The fraction of sp³-hybridized carbons (Fsp3) is 0.350. The summed E-state index contributed by atoms with van der Waals surface area (Å²) in [5, 5.41) is 9.36.